The number of aryl methyl sites for hydroxylation is 1. The number of anilines is 1. The molecule has 0 radical (unpaired) electrons. The van der Waals surface area contributed by atoms with Gasteiger partial charge in [0.1, 0.15) is 11.5 Å². The maximum atomic E-state index is 13.3. The van der Waals surface area contributed by atoms with Crippen LogP contribution in [0.5, 0.6) is 11.5 Å². The minimum atomic E-state index is -4.17. The number of rotatable bonds is 7. The molecule has 0 saturated heterocycles. The van der Waals surface area contributed by atoms with E-state index in [0.717, 1.165) is 9.87 Å². The molecule has 0 aliphatic carbocycles. The summed E-state index contributed by atoms with van der Waals surface area (Å²) in [5, 5.41) is 0.444. The van der Waals surface area contributed by atoms with Crippen molar-refractivity contribution in [2.75, 3.05) is 18.0 Å². The highest BCUT2D eigenvalue weighted by Crippen LogP contribution is 2.27. The quantitative estimate of drug-likeness (QED) is 0.537. The maximum absolute atomic E-state index is 13.3. The van der Waals surface area contributed by atoms with Crippen LogP contribution in [-0.2, 0) is 14.8 Å². The van der Waals surface area contributed by atoms with Crippen LogP contribution in [0.3, 0.4) is 0 Å². The standard InChI is InChI=1S/C22H20ClNO5S/c1-16-6-12-21(13-7-16)30(26,27)24(18-8-10-19(28-2)11-9-18)22(25)15-29-20-5-3-4-17(23)14-20/h3-14H,15H2,1-2H3. The fourth-order valence-electron chi connectivity index (χ4n) is 2.71. The minimum absolute atomic E-state index is 0.0000219. The van der Waals surface area contributed by atoms with Gasteiger partial charge >= 0.3 is 0 Å². The van der Waals surface area contributed by atoms with Gasteiger partial charge < -0.3 is 9.47 Å². The molecule has 3 aromatic rings. The molecular weight excluding hydrogens is 426 g/mol. The molecule has 0 atom stereocenters. The second-order valence-corrected chi connectivity index (χ2v) is 8.64. The topological polar surface area (TPSA) is 72.9 Å². The first-order valence-electron chi connectivity index (χ1n) is 8.98. The molecule has 3 aromatic carbocycles. The number of nitrogens with zero attached hydrogens (tertiary/aromatic N) is 1. The van der Waals surface area contributed by atoms with Gasteiger partial charge in [-0.15, -0.1) is 0 Å². The van der Waals surface area contributed by atoms with E-state index in [-0.39, 0.29) is 10.6 Å². The lowest BCUT2D eigenvalue weighted by Crippen LogP contribution is -2.40. The average molecular weight is 446 g/mol. The molecule has 0 saturated carbocycles. The first kappa shape index (κ1) is 21.7. The highest BCUT2D eigenvalue weighted by molar-refractivity contribution is 7.93. The van der Waals surface area contributed by atoms with Crippen LogP contribution in [0.1, 0.15) is 5.56 Å². The Kier molecular flexibility index (Phi) is 6.64. The number of carbonyl (C=O) groups is 1. The van der Waals surface area contributed by atoms with Crippen LogP contribution in [-0.4, -0.2) is 28.0 Å². The summed E-state index contributed by atoms with van der Waals surface area (Å²) < 4.78 is 37.9. The van der Waals surface area contributed by atoms with E-state index in [4.69, 9.17) is 21.1 Å². The Labute approximate surface area is 180 Å². The Morgan fingerprint density at radius 2 is 1.63 bits per heavy atom. The van der Waals surface area contributed by atoms with Gasteiger partial charge in [-0.1, -0.05) is 35.4 Å². The Hall–Kier alpha value is -3.03. The highest BCUT2D eigenvalue weighted by Gasteiger charge is 2.31. The van der Waals surface area contributed by atoms with Crippen LogP contribution in [0.15, 0.2) is 77.7 Å². The third kappa shape index (κ3) is 4.93. The van der Waals surface area contributed by atoms with Crippen LogP contribution in [0, 0.1) is 6.92 Å². The lowest BCUT2D eigenvalue weighted by Gasteiger charge is -2.23. The number of sulfonamides is 1. The highest BCUT2D eigenvalue weighted by atomic mass is 35.5. The van der Waals surface area contributed by atoms with Crippen molar-refractivity contribution in [3.8, 4) is 11.5 Å². The summed E-state index contributed by atoms with van der Waals surface area (Å²) in [6.45, 7) is 1.36. The van der Waals surface area contributed by atoms with Crippen LogP contribution >= 0.6 is 11.6 Å². The largest absolute Gasteiger partial charge is 0.497 e. The molecule has 6 nitrogen and oxygen atoms in total. The Morgan fingerprint density at radius 1 is 0.967 bits per heavy atom. The normalized spacial score (nSPS) is 11.0. The van der Waals surface area contributed by atoms with Gasteiger partial charge in [0.15, 0.2) is 6.61 Å². The maximum Gasteiger partial charge on any atom is 0.278 e. The van der Waals surface area contributed by atoms with Crippen molar-refractivity contribution in [1.29, 1.82) is 0 Å². The van der Waals surface area contributed by atoms with Gasteiger partial charge in [0.25, 0.3) is 15.9 Å². The number of hydrogen-bond acceptors (Lipinski definition) is 5. The first-order chi connectivity index (χ1) is 14.3. The SMILES string of the molecule is COc1ccc(N(C(=O)COc2cccc(Cl)c2)S(=O)(=O)c2ccc(C)cc2)cc1. The van der Waals surface area contributed by atoms with Gasteiger partial charge in [0.05, 0.1) is 17.7 Å². The van der Waals surface area contributed by atoms with Gasteiger partial charge in [-0.2, -0.15) is 4.31 Å². The molecule has 8 heteroatoms. The third-order valence-electron chi connectivity index (χ3n) is 4.25. The lowest BCUT2D eigenvalue weighted by molar-refractivity contribution is -0.119. The number of amides is 1. The molecule has 0 aromatic heterocycles. The van der Waals surface area contributed by atoms with Gasteiger partial charge in [0, 0.05) is 5.02 Å². The molecule has 0 fully saturated rings. The predicted octanol–water partition coefficient (Wildman–Crippen LogP) is 4.46. The van der Waals surface area contributed by atoms with Gasteiger partial charge in [-0.25, -0.2) is 8.42 Å². The average Bonchev–Trinajstić information content (AvgIpc) is 2.73. The number of ether oxygens (including phenoxy) is 2. The molecule has 0 unspecified atom stereocenters. The number of halogens is 1. The summed E-state index contributed by atoms with van der Waals surface area (Å²) in [7, 11) is -2.67. The third-order valence-corrected chi connectivity index (χ3v) is 6.25. The molecule has 0 spiro atoms. The Balaban J connectivity index is 1.95. The van der Waals surface area contributed by atoms with E-state index < -0.39 is 22.5 Å². The number of benzene rings is 3. The van der Waals surface area contributed by atoms with Crippen LogP contribution in [0.25, 0.3) is 0 Å². The van der Waals surface area contributed by atoms with Crippen molar-refractivity contribution in [3.05, 3.63) is 83.4 Å². The van der Waals surface area contributed by atoms with E-state index >= 15 is 0 Å². The minimum Gasteiger partial charge on any atom is -0.497 e. The zero-order valence-electron chi connectivity index (χ0n) is 16.4. The second-order valence-electron chi connectivity index (χ2n) is 6.42. The number of methoxy groups -OCH3 is 1. The Morgan fingerprint density at radius 3 is 2.23 bits per heavy atom. The predicted molar refractivity (Wildman–Crippen MR) is 116 cm³/mol. The molecule has 1 amide bonds. The molecule has 0 bridgehead atoms. The van der Waals surface area contributed by atoms with Crippen LogP contribution in [0.2, 0.25) is 5.02 Å². The molecule has 0 N–H and O–H groups in total. The van der Waals surface area contributed by atoms with Crippen molar-refractivity contribution in [1.82, 2.24) is 0 Å². The smallest absolute Gasteiger partial charge is 0.278 e. The van der Waals surface area contributed by atoms with Crippen molar-refractivity contribution in [2.45, 2.75) is 11.8 Å². The summed E-state index contributed by atoms with van der Waals surface area (Å²) in [5.74, 6) is 0.146. The van der Waals surface area contributed by atoms with Gasteiger partial charge in [-0.3, -0.25) is 4.79 Å². The summed E-state index contributed by atoms with van der Waals surface area (Å²) in [5.41, 5.74) is 1.08. The van der Waals surface area contributed by atoms with E-state index in [0.29, 0.717) is 16.5 Å². The summed E-state index contributed by atoms with van der Waals surface area (Å²) in [6, 6.07) is 19.0. The Bertz CT molecular complexity index is 1130. The van der Waals surface area contributed by atoms with E-state index in [2.05, 4.69) is 0 Å². The van der Waals surface area contributed by atoms with Crippen LogP contribution in [0.4, 0.5) is 5.69 Å². The molecular formula is C22H20ClNO5S. The zero-order valence-corrected chi connectivity index (χ0v) is 18.0. The van der Waals surface area contributed by atoms with Crippen molar-refractivity contribution < 1.29 is 22.7 Å². The van der Waals surface area contributed by atoms with Gasteiger partial charge in [-0.05, 0) is 61.5 Å². The lowest BCUT2D eigenvalue weighted by atomic mass is 10.2. The summed E-state index contributed by atoms with van der Waals surface area (Å²) in [4.78, 5) is 13.0. The van der Waals surface area contributed by atoms with Crippen molar-refractivity contribution >= 4 is 33.2 Å². The van der Waals surface area contributed by atoms with Crippen LogP contribution < -0.4 is 13.8 Å². The fourth-order valence-corrected chi connectivity index (χ4v) is 4.30. The molecule has 0 aliphatic rings. The molecule has 0 aliphatic heterocycles. The van der Waals surface area contributed by atoms with Gasteiger partial charge in [0.2, 0.25) is 0 Å². The zero-order chi connectivity index (χ0) is 21.7. The first-order valence-corrected chi connectivity index (χ1v) is 10.8. The molecule has 3 rings (SSSR count). The molecule has 0 heterocycles. The summed E-state index contributed by atoms with van der Waals surface area (Å²) in [6.07, 6.45) is 0. The fraction of sp³-hybridized carbons (Fsp3) is 0.136. The monoisotopic (exact) mass is 445 g/mol. The number of carbonyl (C=O) groups excluding carboxylic acids is 1. The molecule has 156 valence electrons. The van der Waals surface area contributed by atoms with E-state index in [1.807, 2.05) is 6.92 Å². The van der Waals surface area contributed by atoms with E-state index in [1.54, 1.807) is 48.5 Å². The second kappa shape index (κ2) is 9.19. The van der Waals surface area contributed by atoms with E-state index in [1.165, 1.54) is 31.4 Å². The summed E-state index contributed by atoms with van der Waals surface area (Å²) >= 11 is 5.93. The number of hydrogen-bond donors (Lipinski definition) is 0. The molecule has 30 heavy (non-hydrogen) atoms. The van der Waals surface area contributed by atoms with Crippen molar-refractivity contribution in [3.63, 3.8) is 0 Å². The van der Waals surface area contributed by atoms with E-state index in [9.17, 15) is 13.2 Å². The van der Waals surface area contributed by atoms with Crippen molar-refractivity contribution in [2.24, 2.45) is 0 Å².